The van der Waals surface area contributed by atoms with Crippen molar-refractivity contribution < 1.29 is 9.90 Å². The first kappa shape index (κ1) is 23.7. The first-order valence-corrected chi connectivity index (χ1v) is 12.9. The van der Waals surface area contributed by atoms with Gasteiger partial charge in [0, 0.05) is 9.52 Å². The molecule has 0 bridgehead atoms. The Morgan fingerprint density at radius 3 is 1.83 bits per heavy atom. The monoisotopic (exact) mass is 356 g/mol. The van der Waals surface area contributed by atoms with Crippen molar-refractivity contribution in [2.75, 3.05) is 0 Å². The summed E-state index contributed by atoms with van der Waals surface area (Å²) < 4.78 is 0. The van der Waals surface area contributed by atoms with E-state index in [0.717, 1.165) is 32.1 Å². The number of carboxylic acid groups (broad SMARTS) is 1. The van der Waals surface area contributed by atoms with E-state index in [1.807, 2.05) is 0 Å². The van der Waals surface area contributed by atoms with Crippen LogP contribution in [0.4, 0.5) is 0 Å². The van der Waals surface area contributed by atoms with Gasteiger partial charge in [-0.25, -0.2) is 0 Å². The van der Waals surface area contributed by atoms with Crippen LogP contribution in [0.25, 0.3) is 0 Å². The molecule has 0 radical (unpaired) electrons. The maximum atomic E-state index is 12.3. The molecule has 0 fully saturated rings. The highest BCUT2D eigenvalue weighted by Gasteiger charge is 2.42. The van der Waals surface area contributed by atoms with Gasteiger partial charge >= 0.3 is 5.97 Å². The molecule has 2 nitrogen and oxygen atoms in total. The highest BCUT2D eigenvalue weighted by Crippen LogP contribution is 2.46. The Bertz CT molecular complexity index is 306. The molecule has 2 atom stereocenters. The highest BCUT2D eigenvalue weighted by atomic mass is 28.2. The van der Waals surface area contributed by atoms with Crippen molar-refractivity contribution in [3.63, 3.8) is 0 Å². The minimum atomic E-state index is -0.577. The topological polar surface area (TPSA) is 37.3 Å². The van der Waals surface area contributed by atoms with E-state index in [4.69, 9.17) is 0 Å². The second-order valence-corrected chi connectivity index (χ2v) is 9.64. The molecule has 0 aliphatic rings. The van der Waals surface area contributed by atoms with Crippen LogP contribution >= 0.6 is 0 Å². The third-order valence-electron chi connectivity index (χ3n) is 5.86. The number of aliphatic carboxylic acids is 1. The maximum absolute atomic E-state index is 12.3. The average Bonchev–Trinajstić information content (AvgIpc) is 2.57. The summed E-state index contributed by atoms with van der Waals surface area (Å²) in [6.45, 7) is 8.93. The SMILES string of the molecule is CCCCCCCC(CCC)C(CCCCCCC)([SiH2]C)C(=O)O. The van der Waals surface area contributed by atoms with E-state index >= 15 is 0 Å². The Hall–Kier alpha value is -0.313. The Kier molecular flexibility index (Phi) is 14.8. The van der Waals surface area contributed by atoms with Gasteiger partial charge in [-0.3, -0.25) is 4.79 Å². The lowest BCUT2D eigenvalue weighted by molar-refractivity contribution is -0.143. The van der Waals surface area contributed by atoms with Gasteiger partial charge < -0.3 is 5.11 Å². The van der Waals surface area contributed by atoms with Crippen LogP contribution in [0.1, 0.15) is 111 Å². The van der Waals surface area contributed by atoms with Gasteiger partial charge in [0.15, 0.2) is 0 Å². The van der Waals surface area contributed by atoms with Crippen LogP contribution in [0.15, 0.2) is 0 Å². The molecule has 144 valence electrons. The molecule has 0 saturated heterocycles. The third kappa shape index (κ3) is 8.69. The van der Waals surface area contributed by atoms with Gasteiger partial charge in [-0.15, -0.1) is 0 Å². The summed E-state index contributed by atoms with van der Waals surface area (Å²) in [6.07, 6.45) is 16.9. The molecule has 0 aromatic carbocycles. The van der Waals surface area contributed by atoms with Crippen molar-refractivity contribution in [3.8, 4) is 0 Å². The zero-order valence-electron chi connectivity index (χ0n) is 17.0. The third-order valence-corrected chi connectivity index (χ3v) is 8.35. The lowest BCUT2D eigenvalue weighted by atomic mass is 9.80. The summed E-state index contributed by atoms with van der Waals surface area (Å²) in [5, 5.41) is 9.76. The molecule has 2 unspecified atom stereocenters. The van der Waals surface area contributed by atoms with E-state index in [0.29, 0.717) is 5.92 Å². The van der Waals surface area contributed by atoms with E-state index in [1.54, 1.807) is 0 Å². The minimum Gasteiger partial charge on any atom is -0.481 e. The molecule has 0 spiro atoms. The van der Waals surface area contributed by atoms with E-state index in [9.17, 15) is 9.90 Å². The molecule has 0 aliphatic carbocycles. The standard InChI is InChI=1S/C21H44O2Si/c1-5-8-10-12-14-17-19(16-7-3)21(24-4,20(22)23)18-15-13-11-9-6-2/h19H,5-18,24H2,1-4H3,(H,22,23). The maximum Gasteiger partial charge on any atom is 0.306 e. The Balaban J connectivity index is 4.72. The second kappa shape index (κ2) is 15.0. The summed E-state index contributed by atoms with van der Waals surface area (Å²) >= 11 is 0. The van der Waals surface area contributed by atoms with Crippen LogP contribution in [-0.2, 0) is 4.79 Å². The molecule has 0 aromatic rings. The van der Waals surface area contributed by atoms with Gasteiger partial charge in [-0.2, -0.15) is 0 Å². The molecule has 0 aliphatic heterocycles. The normalized spacial score (nSPS) is 15.7. The van der Waals surface area contributed by atoms with Gasteiger partial charge in [0.05, 0.1) is 5.04 Å². The molecule has 3 heteroatoms. The zero-order chi connectivity index (χ0) is 18.3. The predicted molar refractivity (Wildman–Crippen MR) is 110 cm³/mol. The predicted octanol–water partition coefficient (Wildman–Crippen LogP) is 6.58. The fourth-order valence-electron chi connectivity index (χ4n) is 4.19. The molecule has 0 heterocycles. The van der Waals surface area contributed by atoms with Gasteiger partial charge in [-0.1, -0.05) is 97.9 Å². The van der Waals surface area contributed by atoms with E-state index < -0.39 is 15.5 Å². The molecular formula is C21H44O2Si. The molecular weight excluding hydrogens is 312 g/mol. The van der Waals surface area contributed by atoms with Gasteiger partial charge in [0.1, 0.15) is 0 Å². The number of carboxylic acids is 1. The fourth-order valence-corrected chi connectivity index (χ4v) is 6.08. The van der Waals surface area contributed by atoms with Crippen LogP contribution in [0.5, 0.6) is 0 Å². The van der Waals surface area contributed by atoms with Crippen LogP contribution in [-0.4, -0.2) is 20.6 Å². The molecule has 0 rings (SSSR count). The quantitative estimate of drug-likeness (QED) is 0.236. The van der Waals surface area contributed by atoms with Crippen molar-refractivity contribution >= 4 is 15.5 Å². The Morgan fingerprint density at radius 2 is 1.38 bits per heavy atom. The molecule has 0 aromatic heterocycles. The highest BCUT2D eigenvalue weighted by molar-refractivity contribution is 6.45. The fraction of sp³-hybridized carbons (Fsp3) is 0.952. The smallest absolute Gasteiger partial charge is 0.306 e. The van der Waals surface area contributed by atoms with Crippen molar-refractivity contribution in [2.24, 2.45) is 5.92 Å². The van der Waals surface area contributed by atoms with Crippen molar-refractivity contribution in [1.82, 2.24) is 0 Å². The van der Waals surface area contributed by atoms with E-state index in [-0.39, 0.29) is 5.04 Å². The van der Waals surface area contributed by atoms with Crippen molar-refractivity contribution in [3.05, 3.63) is 0 Å². The minimum absolute atomic E-state index is 0.340. The van der Waals surface area contributed by atoms with Crippen LogP contribution < -0.4 is 0 Å². The average molecular weight is 357 g/mol. The van der Waals surface area contributed by atoms with Gasteiger partial charge in [-0.05, 0) is 25.2 Å². The summed E-state index contributed by atoms with van der Waals surface area (Å²) in [5.74, 6) is -0.0522. The first-order valence-electron chi connectivity index (χ1n) is 10.8. The summed E-state index contributed by atoms with van der Waals surface area (Å²) in [6, 6.07) is 0. The zero-order valence-corrected chi connectivity index (χ0v) is 18.5. The van der Waals surface area contributed by atoms with Gasteiger partial charge in [0.2, 0.25) is 0 Å². The molecule has 1 N–H and O–H groups in total. The van der Waals surface area contributed by atoms with Crippen LogP contribution in [0.2, 0.25) is 11.6 Å². The number of hydrogen-bond donors (Lipinski definition) is 1. The number of hydrogen-bond acceptors (Lipinski definition) is 1. The summed E-state index contributed by atoms with van der Waals surface area (Å²) in [5.41, 5.74) is 0. The van der Waals surface area contributed by atoms with Crippen molar-refractivity contribution in [2.45, 2.75) is 122 Å². The summed E-state index contributed by atoms with van der Waals surface area (Å²) in [4.78, 5) is 12.3. The van der Waals surface area contributed by atoms with Gasteiger partial charge in [0.25, 0.3) is 0 Å². The van der Waals surface area contributed by atoms with Crippen LogP contribution in [0.3, 0.4) is 0 Å². The summed E-state index contributed by atoms with van der Waals surface area (Å²) in [7, 11) is -0.577. The molecule has 0 saturated carbocycles. The Labute approximate surface area is 154 Å². The number of carbonyl (C=O) groups is 1. The van der Waals surface area contributed by atoms with E-state index in [2.05, 4.69) is 27.3 Å². The molecule has 24 heavy (non-hydrogen) atoms. The first-order chi connectivity index (χ1) is 11.6. The van der Waals surface area contributed by atoms with Crippen LogP contribution in [0, 0.1) is 5.92 Å². The Morgan fingerprint density at radius 1 is 0.833 bits per heavy atom. The number of unbranched alkanes of at least 4 members (excludes halogenated alkanes) is 8. The number of rotatable bonds is 17. The van der Waals surface area contributed by atoms with Crippen molar-refractivity contribution in [1.29, 1.82) is 0 Å². The largest absolute Gasteiger partial charge is 0.481 e. The second-order valence-electron chi connectivity index (χ2n) is 7.67. The lowest BCUT2D eigenvalue weighted by Gasteiger charge is -2.37. The molecule has 0 amide bonds. The van der Waals surface area contributed by atoms with E-state index in [1.165, 1.54) is 57.8 Å². The lowest BCUT2D eigenvalue weighted by Crippen LogP contribution is -2.36.